The first kappa shape index (κ1) is 50.6. The molecule has 0 fully saturated rings. The van der Waals surface area contributed by atoms with Gasteiger partial charge < -0.3 is 9.47 Å². The van der Waals surface area contributed by atoms with E-state index in [1.165, 1.54) is 26.8 Å². The van der Waals surface area contributed by atoms with Crippen molar-refractivity contribution in [1.29, 1.82) is 0 Å². The summed E-state index contributed by atoms with van der Waals surface area (Å²) in [5, 5.41) is 0. The maximum atomic E-state index is 12.9. The van der Waals surface area contributed by atoms with Crippen molar-refractivity contribution in [1.82, 2.24) is 0 Å². The Kier molecular flexibility index (Phi) is 14.0. The molecule has 0 bridgehead atoms. The molecule has 0 amide bonds. The van der Waals surface area contributed by atoms with Crippen molar-refractivity contribution in [2.75, 3.05) is 0 Å². The van der Waals surface area contributed by atoms with Crippen molar-refractivity contribution in [3.63, 3.8) is 0 Å². The lowest BCUT2D eigenvalue weighted by atomic mass is 9.77. The van der Waals surface area contributed by atoms with Gasteiger partial charge >= 0.3 is 0 Å². The van der Waals surface area contributed by atoms with Crippen LogP contribution in [0.25, 0.3) is 22.3 Å². The largest absolute Gasteiger partial charge is 0.486 e. The highest BCUT2D eigenvalue weighted by atomic mass is 32.2. The highest BCUT2D eigenvalue weighted by Gasteiger charge is 2.38. The lowest BCUT2D eigenvalue weighted by Crippen LogP contribution is -2.31. The first-order valence-corrected chi connectivity index (χ1v) is 26.6. The second-order valence-corrected chi connectivity index (χ2v) is 22.8. The number of ether oxygens (including phenoxy) is 2. The van der Waals surface area contributed by atoms with Gasteiger partial charge in [0, 0.05) is 5.56 Å². The van der Waals surface area contributed by atoms with E-state index in [0.29, 0.717) is 43.2 Å². The fraction of sp³-hybridized carbons (Fsp3) is 0.333. The highest BCUT2D eigenvalue weighted by molar-refractivity contribution is 7.87. The molecule has 0 spiro atoms. The topological polar surface area (TPSA) is 345 Å². The molecule has 0 radical (unpaired) electrons. The van der Waals surface area contributed by atoms with E-state index in [1.807, 2.05) is 0 Å². The monoisotopic (exact) mass is 986 g/mol. The van der Waals surface area contributed by atoms with E-state index in [1.54, 1.807) is 20.8 Å². The molecule has 4 aromatic carbocycles. The van der Waals surface area contributed by atoms with Crippen LogP contribution in [0.1, 0.15) is 72.8 Å². The molecule has 6 N–H and O–H groups in total. The minimum absolute atomic E-state index is 0.0384. The molecule has 0 saturated carbocycles. The van der Waals surface area contributed by atoms with Gasteiger partial charge in [-0.05, 0) is 109 Å². The molecule has 0 aliphatic heterocycles. The van der Waals surface area contributed by atoms with Gasteiger partial charge in [-0.3, -0.25) is 27.3 Å². The number of hydrogen-bond acceptors (Lipinski definition) is 14. The van der Waals surface area contributed by atoms with Crippen LogP contribution in [0.3, 0.4) is 0 Å². The molecule has 26 heteroatoms. The van der Waals surface area contributed by atoms with Crippen LogP contribution in [-0.2, 0) is 66.1 Å². The minimum Gasteiger partial charge on any atom is -0.486 e. The number of hydrogen-bond donors (Lipinski definition) is 6. The van der Waals surface area contributed by atoms with Gasteiger partial charge in [0.25, 0.3) is 60.7 Å². The molecule has 0 unspecified atom stereocenters. The average Bonchev–Trinajstić information content (AvgIpc) is 3.15. The van der Waals surface area contributed by atoms with Crippen LogP contribution in [-0.4, -0.2) is 83.4 Å². The van der Waals surface area contributed by atoms with Gasteiger partial charge in [0.15, 0.2) is 5.75 Å². The third-order valence-electron chi connectivity index (χ3n) is 10.5. The minimum atomic E-state index is -5.76. The van der Waals surface area contributed by atoms with Gasteiger partial charge in [-0.25, -0.2) is 0 Å². The van der Waals surface area contributed by atoms with Crippen molar-refractivity contribution in [2.24, 2.45) is 0 Å². The average molecular weight is 987 g/mol. The molecular formula is C36H42O20S6. The Hall–Kier alpha value is -4.06. The van der Waals surface area contributed by atoms with Gasteiger partial charge in [0.1, 0.15) is 36.7 Å². The summed E-state index contributed by atoms with van der Waals surface area (Å²) < 4.78 is 226. The fourth-order valence-corrected chi connectivity index (χ4v) is 10.8. The van der Waals surface area contributed by atoms with Crippen molar-refractivity contribution >= 4 is 60.7 Å². The number of benzene rings is 4. The zero-order chi connectivity index (χ0) is 47.4. The second kappa shape index (κ2) is 17.1. The Morgan fingerprint density at radius 3 is 1.05 bits per heavy atom. The van der Waals surface area contributed by atoms with Gasteiger partial charge in [-0.1, -0.05) is 46.8 Å². The SMILES string of the molecule is CCC(C)(CC)Oc1ccc(-c2ccc(Oc3c(S(=O)(=O)O)cc(-c4cc(S(=O)(=O)O)c(C(C)(CC)CC)c(S(=O)(=O)O)c4)cc3S(=O)(=O)O)c(S(=O)(=O)O)c2)cc1S(=O)(=O)O. The molecule has 4 aromatic rings. The first-order chi connectivity index (χ1) is 28.0. The standard InChI is InChI=1S/C36H42O20S6/c1-7-35(5,8-2)33-29(59(43,44)45)17-23(18-30(33)60(46,47)48)24-19-31(61(49,50)51)34(32(20-24)62(52,53)54)55-25-13-11-21(15-27(25)57(37,38)39)22-12-14-26(28(16-22)58(40,41)42)56-36(6,9-3)10-4/h11-20H,7-10H2,1-6H3,(H,37,38,39)(H,40,41,42)(H,43,44,45)(H,46,47,48)(H,49,50,51)(H,52,53,54). The zero-order valence-corrected chi connectivity index (χ0v) is 38.3. The van der Waals surface area contributed by atoms with E-state index in [9.17, 15) is 77.8 Å². The van der Waals surface area contributed by atoms with Crippen molar-refractivity contribution < 1.29 is 87.3 Å². The van der Waals surface area contributed by atoms with E-state index in [0.717, 1.165) is 24.3 Å². The highest BCUT2D eigenvalue weighted by Crippen LogP contribution is 2.46. The third kappa shape index (κ3) is 10.8. The second-order valence-electron chi connectivity index (χ2n) is 14.5. The molecular weight excluding hydrogens is 945 g/mol. The third-order valence-corrected chi connectivity index (χ3v) is 15.8. The Bertz CT molecular complexity index is 3030. The summed E-state index contributed by atoms with van der Waals surface area (Å²) in [7, 11) is -32.8. The quantitative estimate of drug-likeness (QED) is 0.0629. The molecule has 0 heterocycles. The van der Waals surface area contributed by atoms with Gasteiger partial charge in [-0.2, -0.15) is 50.5 Å². The van der Waals surface area contributed by atoms with E-state index in [4.69, 9.17) is 9.47 Å². The first-order valence-electron chi connectivity index (χ1n) is 17.9. The summed E-state index contributed by atoms with van der Waals surface area (Å²) in [4.78, 5) is -7.35. The summed E-state index contributed by atoms with van der Waals surface area (Å²) in [6.45, 7) is 9.72. The van der Waals surface area contributed by atoms with Crippen molar-refractivity contribution in [2.45, 2.75) is 108 Å². The molecule has 0 aromatic heterocycles. The predicted molar refractivity (Wildman–Crippen MR) is 220 cm³/mol. The predicted octanol–water partition coefficient (Wildman–Crippen LogP) is 6.33. The number of rotatable bonds is 17. The van der Waals surface area contributed by atoms with Crippen molar-refractivity contribution in [3.05, 3.63) is 66.2 Å². The van der Waals surface area contributed by atoms with Gasteiger partial charge in [0.2, 0.25) is 0 Å². The fourth-order valence-electron chi connectivity index (χ4n) is 6.31. The summed E-state index contributed by atoms with van der Waals surface area (Å²) in [6, 6.07) is 7.72. The summed E-state index contributed by atoms with van der Waals surface area (Å²) >= 11 is 0. The molecule has 62 heavy (non-hydrogen) atoms. The van der Waals surface area contributed by atoms with Crippen LogP contribution < -0.4 is 9.47 Å². The smallest absolute Gasteiger partial charge is 0.298 e. The van der Waals surface area contributed by atoms with Gasteiger partial charge in [-0.15, -0.1) is 0 Å². The zero-order valence-electron chi connectivity index (χ0n) is 33.5. The Balaban J connectivity index is 2.07. The van der Waals surface area contributed by atoms with Crippen LogP contribution in [0.5, 0.6) is 17.2 Å². The molecule has 342 valence electrons. The molecule has 0 saturated heterocycles. The van der Waals surface area contributed by atoms with E-state index >= 15 is 0 Å². The maximum absolute atomic E-state index is 12.9. The van der Waals surface area contributed by atoms with E-state index in [2.05, 4.69) is 0 Å². The van der Waals surface area contributed by atoms with Crippen LogP contribution >= 0.6 is 0 Å². The van der Waals surface area contributed by atoms with Crippen molar-refractivity contribution in [3.8, 4) is 39.5 Å². The Morgan fingerprint density at radius 2 is 0.726 bits per heavy atom. The molecule has 0 aliphatic carbocycles. The van der Waals surface area contributed by atoms with E-state index in [-0.39, 0.29) is 29.7 Å². The molecule has 0 aliphatic rings. The van der Waals surface area contributed by atoms with Crippen LogP contribution in [0.4, 0.5) is 0 Å². The van der Waals surface area contributed by atoms with Crippen LogP contribution in [0.2, 0.25) is 0 Å². The molecule has 4 rings (SSSR count). The molecule has 20 nitrogen and oxygen atoms in total. The maximum Gasteiger partial charge on any atom is 0.298 e. The van der Waals surface area contributed by atoms with E-state index < -0.39 is 129 Å². The lowest BCUT2D eigenvalue weighted by molar-refractivity contribution is 0.0766. The van der Waals surface area contributed by atoms with Crippen LogP contribution in [0, 0.1) is 0 Å². The normalized spacial score (nSPS) is 13.5. The van der Waals surface area contributed by atoms with Gasteiger partial charge in [0.05, 0.1) is 9.79 Å². The summed E-state index contributed by atoms with van der Waals surface area (Å²) in [5.41, 5.74) is -4.69. The lowest BCUT2D eigenvalue weighted by Gasteiger charge is -2.31. The summed E-state index contributed by atoms with van der Waals surface area (Å²) in [6.07, 6.45) is 0.921. The van der Waals surface area contributed by atoms with Crippen LogP contribution in [0.15, 0.2) is 90.0 Å². The summed E-state index contributed by atoms with van der Waals surface area (Å²) in [5.74, 6) is -2.86. The molecule has 0 atom stereocenters. The Morgan fingerprint density at radius 1 is 0.419 bits per heavy atom. The Labute approximate surface area is 359 Å².